The summed E-state index contributed by atoms with van der Waals surface area (Å²) in [5.41, 5.74) is 1.77. The van der Waals surface area contributed by atoms with Gasteiger partial charge in [0.1, 0.15) is 16.4 Å². The van der Waals surface area contributed by atoms with E-state index >= 15 is 0 Å². The van der Waals surface area contributed by atoms with Gasteiger partial charge in [0.15, 0.2) is 0 Å². The average Bonchev–Trinajstić information content (AvgIpc) is 2.72. The molecule has 0 fully saturated rings. The minimum Gasteiger partial charge on any atom is -0.497 e. The normalized spacial score (nSPS) is 14.2. The smallest absolute Gasteiger partial charge is 0.265 e. The van der Waals surface area contributed by atoms with Gasteiger partial charge in [-0.3, -0.25) is 9.03 Å². The monoisotopic (exact) mass is 454 g/mol. The Labute approximate surface area is 177 Å². The Balaban J connectivity index is 1.92. The van der Waals surface area contributed by atoms with Crippen LogP contribution in [0.1, 0.15) is 25.3 Å². The molecule has 3 rings (SSSR count). The first kappa shape index (κ1) is 22.2. The topological polar surface area (TPSA) is 102 Å². The van der Waals surface area contributed by atoms with E-state index in [1.165, 1.54) is 30.7 Å². The number of methoxy groups -OCH3 is 2. The first-order chi connectivity index (χ1) is 14.2. The van der Waals surface area contributed by atoms with Crippen LogP contribution < -0.4 is 18.5 Å². The molecule has 2 aromatic rings. The van der Waals surface area contributed by atoms with Crippen molar-refractivity contribution >= 4 is 31.4 Å². The molecule has 0 bridgehead atoms. The maximum atomic E-state index is 12.9. The Morgan fingerprint density at radius 3 is 2.47 bits per heavy atom. The zero-order chi connectivity index (χ0) is 21.9. The summed E-state index contributed by atoms with van der Waals surface area (Å²) in [6.45, 7) is 2.26. The second-order valence-corrected chi connectivity index (χ2v) is 10.6. The van der Waals surface area contributed by atoms with Gasteiger partial charge in [-0.25, -0.2) is 16.8 Å². The van der Waals surface area contributed by atoms with Crippen LogP contribution in [0.2, 0.25) is 0 Å². The number of sulfonamides is 2. The molecular weight excluding hydrogens is 428 g/mol. The van der Waals surface area contributed by atoms with Crippen molar-refractivity contribution in [3.63, 3.8) is 0 Å². The van der Waals surface area contributed by atoms with E-state index < -0.39 is 20.0 Å². The summed E-state index contributed by atoms with van der Waals surface area (Å²) in [7, 11) is -4.44. The molecule has 2 aromatic carbocycles. The van der Waals surface area contributed by atoms with Crippen molar-refractivity contribution in [3.8, 4) is 11.5 Å². The van der Waals surface area contributed by atoms with Crippen LogP contribution in [0.5, 0.6) is 11.5 Å². The lowest BCUT2D eigenvalue weighted by Gasteiger charge is -2.30. The standard InChI is InChI=1S/C20H26N2O6S2/c1-4-12-29(23,24)22-11-5-6-15-13-16(7-9-18(15)22)21-30(25,26)20-10-8-17(27-2)14-19(20)28-3/h7-10,13-14,21H,4-6,11-12H2,1-3H3. The predicted octanol–water partition coefficient (Wildman–Crippen LogP) is 3.00. The molecule has 0 unspecified atom stereocenters. The SMILES string of the molecule is CCCS(=O)(=O)N1CCCc2cc(NS(=O)(=O)c3ccc(OC)cc3OC)ccc21. The van der Waals surface area contributed by atoms with Crippen LogP contribution in [0.4, 0.5) is 11.4 Å². The average molecular weight is 455 g/mol. The van der Waals surface area contributed by atoms with Crippen LogP contribution >= 0.6 is 0 Å². The number of aryl methyl sites for hydroxylation is 1. The molecule has 1 N–H and O–H groups in total. The van der Waals surface area contributed by atoms with Gasteiger partial charge in [0.05, 0.1) is 25.7 Å². The molecular formula is C20H26N2O6S2. The number of fused-ring (bicyclic) bond motifs is 1. The van der Waals surface area contributed by atoms with Gasteiger partial charge in [-0.05, 0) is 55.2 Å². The Bertz CT molecular complexity index is 1130. The maximum Gasteiger partial charge on any atom is 0.265 e. The lowest BCUT2D eigenvalue weighted by atomic mass is 10.0. The van der Waals surface area contributed by atoms with Crippen molar-refractivity contribution in [2.24, 2.45) is 0 Å². The van der Waals surface area contributed by atoms with Crippen molar-refractivity contribution in [2.45, 2.75) is 31.1 Å². The van der Waals surface area contributed by atoms with Gasteiger partial charge in [0, 0.05) is 18.3 Å². The molecule has 0 amide bonds. The first-order valence-electron chi connectivity index (χ1n) is 9.60. The maximum absolute atomic E-state index is 12.9. The highest BCUT2D eigenvalue weighted by molar-refractivity contribution is 7.93. The Morgan fingerprint density at radius 1 is 1.03 bits per heavy atom. The van der Waals surface area contributed by atoms with Crippen LogP contribution in [0, 0.1) is 0 Å². The molecule has 1 aliphatic heterocycles. The number of hydrogen-bond donors (Lipinski definition) is 1. The molecule has 0 saturated carbocycles. The quantitative estimate of drug-likeness (QED) is 0.658. The van der Waals surface area contributed by atoms with Crippen molar-refractivity contribution < 1.29 is 26.3 Å². The number of nitrogens with zero attached hydrogens (tertiary/aromatic N) is 1. The molecule has 10 heteroatoms. The molecule has 30 heavy (non-hydrogen) atoms. The van der Waals surface area contributed by atoms with Crippen molar-refractivity contribution in [1.82, 2.24) is 0 Å². The van der Waals surface area contributed by atoms with E-state index in [1.807, 2.05) is 6.92 Å². The van der Waals surface area contributed by atoms with Crippen molar-refractivity contribution in [2.75, 3.05) is 35.5 Å². The van der Waals surface area contributed by atoms with E-state index in [0.29, 0.717) is 42.9 Å². The van der Waals surface area contributed by atoms with Gasteiger partial charge >= 0.3 is 0 Å². The fourth-order valence-corrected chi connectivity index (χ4v) is 6.31. The number of benzene rings is 2. The summed E-state index contributed by atoms with van der Waals surface area (Å²) in [6, 6.07) is 9.38. The number of nitrogens with one attached hydrogen (secondary N) is 1. The van der Waals surface area contributed by atoms with E-state index in [9.17, 15) is 16.8 Å². The molecule has 164 valence electrons. The molecule has 0 spiro atoms. The van der Waals surface area contributed by atoms with Crippen molar-refractivity contribution in [3.05, 3.63) is 42.0 Å². The van der Waals surface area contributed by atoms with E-state index in [0.717, 1.165) is 5.56 Å². The van der Waals surface area contributed by atoms with Gasteiger partial charge in [0.25, 0.3) is 10.0 Å². The molecule has 0 aliphatic carbocycles. The zero-order valence-corrected chi connectivity index (χ0v) is 18.8. The Hall–Kier alpha value is -2.46. The number of ether oxygens (including phenoxy) is 2. The van der Waals surface area contributed by atoms with Crippen molar-refractivity contribution in [1.29, 1.82) is 0 Å². The summed E-state index contributed by atoms with van der Waals surface area (Å²) >= 11 is 0. The number of rotatable bonds is 8. The number of hydrogen-bond acceptors (Lipinski definition) is 6. The molecule has 0 aromatic heterocycles. The lowest BCUT2D eigenvalue weighted by Crippen LogP contribution is -2.37. The highest BCUT2D eigenvalue weighted by Gasteiger charge is 2.27. The van der Waals surface area contributed by atoms with E-state index in [-0.39, 0.29) is 16.4 Å². The summed E-state index contributed by atoms with van der Waals surface area (Å²) in [4.78, 5) is -0.0179. The predicted molar refractivity (Wildman–Crippen MR) is 117 cm³/mol. The molecule has 1 aliphatic rings. The molecule has 0 atom stereocenters. The minimum absolute atomic E-state index is 0.0179. The zero-order valence-electron chi connectivity index (χ0n) is 17.2. The summed E-state index contributed by atoms with van der Waals surface area (Å²) in [5, 5.41) is 0. The van der Waals surface area contributed by atoms with Crippen LogP contribution in [0.15, 0.2) is 41.3 Å². The van der Waals surface area contributed by atoms with E-state index in [2.05, 4.69) is 4.72 Å². The molecule has 8 nitrogen and oxygen atoms in total. The largest absolute Gasteiger partial charge is 0.497 e. The summed E-state index contributed by atoms with van der Waals surface area (Å²) < 4.78 is 65.3. The first-order valence-corrected chi connectivity index (χ1v) is 12.7. The second-order valence-electron chi connectivity index (χ2n) is 6.96. The highest BCUT2D eigenvalue weighted by Crippen LogP contribution is 2.34. The lowest BCUT2D eigenvalue weighted by molar-refractivity contribution is 0.386. The van der Waals surface area contributed by atoms with E-state index in [4.69, 9.17) is 9.47 Å². The van der Waals surface area contributed by atoms with Crippen LogP contribution in [0.25, 0.3) is 0 Å². The fraction of sp³-hybridized carbons (Fsp3) is 0.400. The third-order valence-corrected chi connectivity index (χ3v) is 8.26. The third kappa shape index (κ3) is 4.49. The van der Waals surface area contributed by atoms with Gasteiger partial charge in [-0.1, -0.05) is 6.92 Å². The third-order valence-electron chi connectivity index (χ3n) is 4.87. The number of anilines is 2. The highest BCUT2D eigenvalue weighted by atomic mass is 32.2. The van der Waals surface area contributed by atoms with Gasteiger partial charge < -0.3 is 9.47 Å². The van der Waals surface area contributed by atoms with Crippen LogP contribution in [-0.2, 0) is 26.5 Å². The van der Waals surface area contributed by atoms with Crippen LogP contribution in [0.3, 0.4) is 0 Å². The summed E-state index contributed by atoms with van der Waals surface area (Å²) in [5.74, 6) is 0.725. The summed E-state index contributed by atoms with van der Waals surface area (Å²) in [6.07, 6.45) is 1.89. The second kappa shape index (κ2) is 8.73. The van der Waals surface area contributed by atoms with Gasteiger partial charge in [-0.15, -0.1) is 0 Å². The molecule has 0 radical (unpaired) electrons. The van der Waals surface area contributed by atoms with E-state index in [1.54, 1.807) is 24.3 Å². The Kier molecular flexibility index (Phi) is 6.47. The van der Waals surface area contributed by atoms with Crippen LogP contribution in [-0.4, -0.2) is 43.4 Å². The molecule has 0 saturated heterocycles. The van der Waals surface area contributed by atoms with Gasteiger partial charge in [-0.2, -0.15) is 0 Å². The minimum atomic E-state index is -3.92. The van der Waals surface area contributed by atoms with Gasteiger partial charge in [0.2, 0.25) is 10.0 Å². The fourth-order valence-electron chi connectivity index (χ4n) is 3.49. The molecule has 1 heterocycles. The Morgan fingerprint density at radius 2 is 1.80 bits per heavy atom.